The molecule has 1 aliphatic carbocycles. The van der Waals surface area contributed by atoms with Crippen LogP contribution < -0.4 is 5.32 Å². The van der Waals surface area contributed by atoms with Gasteiger partial charge in [-0.05, 0) is 53.4 Å². The lowest BCUT2D eigenvalue weighted by Crippen LogP contribution is -2.54. The van der Waals surface area contributed by atoms with Crippen LogP contribution >= 0.6 is 15.9 Å². The number of ether oxygens (including phenoxy) is 2. The summed E-state index contributed by atoms with van der Waals surface area (Å²) in [7, 11) is 1.32. The van der Waals surface area contributed by atoms with Crippen LogP contribution in [-0.2, 0) is 14.3 Å². The fraction of sp³-hybridized carbons (Fsp3) is 0.706. The monoisotopic (exact) mass is 426 g/mol. The number of imidazole rings is 1. The van der Waals surface area contributed by atoms with E-state index in [0.29, 0.717) is 19.1 Å². The fourth-order valence-corrected chi connectivity index (χ4v) is 4.58. The number of aromatic amines is 1. The molecule has 2 amide bonds. The standard InChI is InChI=1S/C17H23BrN4O4/c1-25-17(24)21-14(9-2-4-26-5-3-9)16(23)22-11-6-10(11)7-12(22)15-19-8-13(18)20-15/h8-12,14H,2-7H2,1H3,(H,19,20)(H,21,24)/t10-,11-,12+,14+/m1/s1. The summed E-state index contributed by atoms with van der Waals surface area (Å²) < 4.78 is 11.0. The number of fused-ring (bicyclic) bond motifs is 1. The number of rotatable bonds is 4. The van der Waals surface area contributed by atoms with Gasteiger partial charge in [0.1, 0.15) is 16.5 Å². The van der Waals surface area contributed by atoms with Crippen LogP contribution in [0, 0.1) is 11.8 Å². The van der Waals surface area contributed by atoms with E-state index in [4.69, 9.17) is 9.47 Å². The van der Waals surface area contributed by atoms with Gasteiger partial charge in [0.25, 0.3) is 0 Å². The van der Waals surface area contributed by atoms with E-state index in [1.54, 1.807) is 6.20 Å². The smallest absolute Gasteiger partial charge is 0.407 e. The van der Waals surface area contributed by atoms with E-state index in [1.807, 2.05) is 4.90 Å². The summed E-state index contributed by atoms with van der Waals surface area (Å²) >= 11 is 3.39. The normalized spacial score (nSPS) is 29.2. The highest BCUT2D eigenvalue weighted by Crippen LogP contribution is 2.53. The van der Waals surface area contributed by atoms with Crippen molar-refractivity contribution in [2.24, 2.45) is 11.8 Å². The van der Waals surface area contributed by atoms with Gasteiger partial charge in [0, 0.05) is 19.3 Å². The Kier molecular flexibility index (Phi) is 4.92. The molecule has 8 nitrogen and oxygen atoms in total. The molecular formula is C17H23BrN4O4. The van der Waals surface area contributed by atoms with Gasteiger partial charge in [-0.25, -0.2) is 9.78 Å². The van der Waals surface area contributed by atoms with E-state index in [0.717, 1.165) is 36.1 Å². The third-order valence-electron chi connectivity index (χ3n) is 5.70. The molecule has 4 rings (SSSR count). The number of methoxy groups -OCH3 is 1. The molecule has 2 saturated heterocycles. The molecule has 2 N–H and O–H groups in total. The number of nitrogens with one attached hydrogen (secondary N) is 2. The first-order valence-electron chi connectivity index (χ1n) is 9.03. The summed E-state index contributed by atoms with van der Waals surface area (Å²) in [4.78, 5) is 34.9. The highest BCUT2D eigenvalue weighted by Gasteiger charge is 2.56. The maximum atomic E-state index is 13.5. The SMILES string of the molecule is COC(=O)N[C@H](C(=O)N1[C@@H]2C[C@@H]2C[C@H]1c1ncc(Br)[nH]1)C1CCOCC1. The number of carbonyl (C=O) groups excluding carboxylic acids is 2. The Balaban J connectivity index is 1.57. The van der Waals surface area contributed by atoms with Gasteiger partial charge in [0.15, 0.2) is 0 Å². The lowest BCUT2D eigenvalue weighted by Gasteiger charge is -2.35. The first-order chi connectivity index (χ1) is 12.6. The number of likely N-dealkylation sites (tertiary alicyclic amines) is 1. The molecule has 0 radical (unpaired) electrons. The number of nitrogens with zero attached hydrogens (tertiary/aromatic N) is 2. The molecule has 4 atom stereocenters. The lowest BCUT2D eigenvalue weighted by atomic mass is 9.90. The zero-order valence-corrected chi connectivity index (χ0v) is 16.2. The number of alkyl carbamates (subject to hydrolysis) is 1. The zero-order valence-electron chi connectivity index (χ0n) is 14.6. The zero-order chi connectivity index (χ0) is 18.3. The van der Waals surface area contributed by atoms with Crippen molar-refractivity contribution in [1.82, 2.24) is 20.2 Å². The van der Waals surface area contributed by atoms with E-state index >= 15 is 0 Å². The lowest BCUT2D eigenvalue weighted by molar-refractivity contribution is -0.138. The number of aromatic nitrogens is 2. The minimum atomic E-state index is -0.591. The van der Waals surface area contributed by atoms with E-state index in [1.165, 1.54) is 7.11 Å². The molecule has 26 heavy (non-hydrogen) atoms. The Morgan fingerprint density at radius 1 is 1.42 bits per heavy atom. The second-order valence-electron chi connectivity index (χ2n) is 7.24. The van der Waals surface area contributed by atoms with Crippen LogP contribution in [0.15, 0.2) is 10.8 Å². The number of hydrogen-bond donors (Lipinski definition) is 2. The molecule has 3 aliphatic rings. The molecule has 3 fully saturated rings. The topological polar surface area (TPSA) is 96.5 Å². The van der Waals surface area contributed by atoms with Gasteiger partial charge in [-0.2, -0.15) is 0 Å². The summed E-state index contributed by atoms with van der Waals surface area (Å²) in [6.45, 7) is 1.22. The van der Waals surface area contributed by atoms with Gasteiger partial charge in [-0.3, -0.25) is 4.79 Å². The molecule has 0 spiro atoms. The minimum absolute atomic E-state index is 0.0372. The summed E-state index contributed by atoms with van der Waals surface area (Å²) in [5, 5.41) is 2.78. The number of carbonyl (C=O) groups is 2. The van der Waals surface area contributed by atoms with Gasteiger partial charge in [0.2, 0.25) is 5.91 Å². The van der Waals surface area contributed by atoms with Crippen molar-refractivity contribution in [3.05, 3.63) is 16.6 Å². The van der Waals surface area contributed by atoms with Crippen molar-refractivity contribution in [2.45, 2.75) is 43.8 Å². The highest BCUT2D eigenvalue weighted by molar-refractivity contribution is 9.10. The Morgan fingerprint density at radius 2 is 2.19 bits per heavy atom. The Bertz CT molecular complexity index is 690. The fourth-order valence-electron chi connectivity index (χ4n) is 4.28. The summed E-state index contributed by atoms with van der Waals surface area (Å²) in [6, 6.07) is -0.413. The average Bonchev–Trinajstić information content (AvgIpc) is 3.11. The molecule has 1 aromatic rings. The van der Waals surface area contributed by atoms with Crippen LogP contribution in [0.1, 0.15) is 37.5 Å². The Hall–Kier alpha value is -1.61. The number of H-pyrrole nitrogens is 1. The third kappa shape index (κ3) is 3.34. The van der Waals surface area contributed by atoms with Crippen molar-refractivity contribution < 1.29 is 19.1 Å². The third-order valence-corrected chi connectivity index (χ3v) is 6.10. The van der Waals surface area contributed by atoms with Crippen molar-refractivity contribution in [3.8, 4) is 0 Å². The highest BCUT2D eigenvalue weighted by atomic mass is 79.9. The Morgan fingerprint density at radius 3 is 2.85 bits per heavy atom. The first-order valence-corrected chi connectivity index (χ1v) is 9.82. The van der Waals surface area contributed by atoms with E-state index < -0.39 is 12.1 Å². The van der Waals surface area contributed by atoms with Gasteiger partial charge in [-0.15, -0.1) is 0 Å². The predicted molar refractivity (Wildman–Crippen MR) is 95.3 cm³/mol. The second kappa shape index (κ2) is 7.19. The van der Waals surface area contributed by atoms with Gasteiger partial charge < -0.3 is 24.7 Å². The first kappa shape index (κ1) is 17.8. The molecule has 2 aliphatic heterocycles. The largest absolute Gasteiger partial charge is 0.453 e. The quantitative estimate of drug-likeness (QED) is 0.766. The molecule has 1 aromatic heterocycles. The van der Waals surface area contributed by atoms with Crippen LogP contribution in [-0.4, -0.2) is 59.3 Å². The summed E-state index contributed by atoms with van der Waals surface area (Å²) in [5.74, 6) is 1.34. The number of amides is 2. The van der Waals surface area contributed by atoms with Gasteiger partial charge in [-0.1, -0.05) is 0 Å². The summed E-state index contributed by atoms with van der Waals surface area (Å²) in [5.41, 5.74) is 0. The van der Waals surface area contributed by atoms with Crippen LogP contribution in [0.4, 0.5) is 4.79 Å². The predicted octanol–water partition coefficient (Wildman–Crippen LogP) is 1.99. The molecule has 0 bridgehead atoms. The van der Waals surface area contributed by atoms with Crippen LogP contribution in [0.2, 0.25) is 0 Å². The van der Waals surface area contributed by atoms with Crippen molar-refractivity contribution in [3.63, 3.8) is 0 Å². The molecule has 3 heterocycles. The van der Waals surface area contributed by atoms with Crippen LogP contribution in [0.25, 0.3) is 0 Å². The van der Waals surface area contributed by atoms with Crippen molar-refractivity contribution >= 4 is 27.9 Å². The Labute approximate surface area is 160 Å². The molecular weight excluding hydrogens is 404 g/mol. The molecule has 142 valence electrons. The van der Waals surface area contributed by atoms with E-state index in [2.05, 4.69) is 31.2 Å². The molecule has 1 saturated carbocycles. The molecule has 0 aromatic carbocycles. The molecule has 0 unspecified atom stereocenters. The average molecular weight is 427 g/mol. The van der Waals surface area contributed by atoms with Crippen LogP contribution in [0.5, 0.6) is 0 Å². The number of piperidine rings is 1. The van der Waals surface area contributed by atoms with Crippen LogP contribution in [0.3, 0.4) is 0 Å². The maximum Gasteiger partial charge on any atom is 0.407 e. The summed E-state index contributed by atoms with van der Waals surface area (Å²) in [6.07, 6.45) is 4.58. The maximum absolute atomic E-state index is 13.5. The minimum Gasteiger partial charge on any atom is -0.453 e. The van der Waals surface area contributed by atoms with E-state index in [-0.39, 0.29) is 23.9 Å². The number of halogens is 1. The molecule has 9 heteroatoms. The van der Waals surface area contributed by atoms with Crippen molar-refractivity contribution in [1.29, 1.82) is 0 Å². The van der Waals surface area contributed by atoms with Crippen molar-refractivity contribution in [2.75, 3.05) is 20.3 Å². The second-order valence-corrected chi connectivity index (χ2v) is 8.09. The van der Waals surface area contributed by atoms with Gasteiger partial charge in [0.05, 0.1) is 19.3 Å². The van der Waals surface area contributed by atoms with E-state index in [9.17, 15) is 9.59 Å². The van der Waals surface area contributed by atoms with Gasteiger partial charge >= 0.3 is 6.09 Å². The number of hydrogen-bond acceptors (Lipinski definition) is 5.